The molecular formula is C14H10O6S2. The van der Waals surface area contributed by atoms with Crippen molar-refractivity contribution in [2.24, 2.45) is 0 Å². The molecule has 0 spiro atoms. The normalized spacial score (nSPS) is 11.1. The van der Waals surface area contributed by atoms with Gasteiger partial charge in [-0.3, -0.25) is 9.59 Å². The van der Waals surface area contributed by atoms with Crippen LogP contribution in [0.25, 0.3) is 0 Å². The number of benzene rings is 1. The van der Waals surface area contributed by atoms with Crippen LogP contribution in [-0.4, -0.2) is 31.1 Å². The fraction of sp³-hybridized carbons (Fsp3) is 0.0714. The fourth-order valence-electron chi connectivity index (χ4n) is 1.64. The van der Waals surface area contributed by atoms with Gasteiger partial charge in [0.05, 0.1) is 16.2 Å². The van der Waals surface area contributed by atoms with Gasteiger partial charge in [0.2, 0.25) is 15.6 Å². The topological polar surface area (TPSA) is 106 Å². The number of hydrogen-bond donors (Lipinski definition) is 1. The van der Waals surface area contributed by atoms with Crippen LogP contribution >= 0.6 is 11.3 Å². The van der Waals surface area contributed by atoms with Gasteiger partial charge >= 0.3 is 5.97 Å². The van der Waals surface area contributed by atoms with Crippen LogP contribution in [0.4, 0.5) is 0 Å². The molecule has 0 aliphatic carbocycles. The molecule has 0 atom stereocenters. The highest BCUT2D eigenvalue weighted by molar-refractivity contribution is 7.93. The SMILES string of the molecule is O=C(O)C(=O)CC(=O)c1ccc(S(=O)(=O)c2ccccc2)s1. The molecule has 1 aromatic carbocycles. The van der Waals surface area contributed by atoms with E-state index in [1.807, 2.05) is 0 Å². The second-order valence-electron chi connectivity index (χ2n) is 4.26. The quantitative estimate of drug-likeness (QED) is 0.489. The molecule has 0 unspecified atom stereocenters. The van der Waals surface area contributed by atoms with Crippen LogP contribution in [0.2, 0.25) is 0 Å². The minimum Gasteiger partial charge on any atom is -0.475 e. The lowest BCUT2D eigenvalue weighted by atomic mass is 10.2. The van der Waals surface area contributed by atoms with Crippen molar-refractivity contribution >= 4 is 38.7 Å². The predicted molar refractivity (Wildman–Crippen MR) is 77.8 cm³/mol. The third-order valence-corrected chi connectivity index (χ3v) is 6.12. The highest BCUT2D eigenvalue weighted by Crippen LogP contribution is 2.28. The molecule has 1 aromatic heterocycles. The van der Waals surface area contributed by atoms with Crippen molar-refractivity contribution in [3.05, 3.63) is 47.3 Å². The Bertz CT molecular complexity index is 833. The van der Waals surface area contributed by atoms with E-state index in [9.17, 15) is 22.8 Å². The number of carbonyl (C=O) groups is 3. The van der Waals surface area contributed by atoms with E-state index in [1.165, 1.54) is 24.3 Å². The Morgan fingerprint density at radius 2 is 1.64 bits per heavy atom. The highest BCUT2D eigenvalue weighted by atomic mass is 32.2. The van der Waals surface area contributed by atoms with Gasteiger partial charge in [0.1, 0.15) is 4.21 Å². The van der Waals surface area contributed by atoms with Crippen LogP contribution in [0.5, 0.6) is 0 Å². The second-order valence-corrected chi connectivity index (χ2v) is 7.52. The molecule has 8 heteroatoms. The van der Waals surface area contributed by atoms with Crippen molar-refractivity contribution < 1.29 is 27.9 Å². The molecule has 114 valence electrons. The maximum absolute atomic E-state index is 12.3. The van der Waals surface area contributed by atoms with Gasteiger partial charge in [-0.15, -0.1) is 11.3 Å². The van der Waals surface area contributed by atoms with Crippen molar-refractivity contribution in [1.29, 1.82) is 0 Å². The number of carbonyl (C=O) groups excluding carboxylic acids is 2. The van der Waals surface area contributed by atoms with Crippen LogP contribution in [0.1, 0.15) is 16.1 Å². The third-order valence-electron chi connectivity index (χ3n) is 2.73. The van der Waals surface area contributed by atoms with Gasteiger partial charge in [-0.25, -0.2) is 13.2 Å². The maximum Gasteiger partial charge on any atom is 0.372 e. The molecule has 0 saturated heterocycles. The van der Waals surface area contributed by atoms with E-state index in [2.05, 4.69) is 0 Å². The molecule has 0 radical (unpaired) electrons. The van der Waals surface area contributed by atoms with Crippen molar-refractivity contribution in [3.8, 4) is 0 Å². The number of aliphatic carboxylic acids is 1. The summed E-state index contributed by atoms with van der Waals surface area (Å²) in [7, 11) is -3.73. The summed E-state index contributed by atoms with van der Waals surface area (Å²) in [6, 6.07) is 10.3. The van der Waals surface area contributed by atoms with Gasteiger partial charge in [-0.1, -0.05) is 18.2 Å². The molecule has 0 aliphatic heterocycles. The summed E-state index contributed by atoms with van der Waals surface area (Å²) in [5.74, 6) is -3.64. The molecule has 1 heterocycles. The molecule has 22 heavy (non-hydrogen) atoms. The van der Waals surface area contributed by atoms with E-state index in [4.69, 9.17) is 5.11 Å². The summed E-state index contributed by atoms with van der Waals surface area (Å²) in [6.07, 6.45) is -0.791. The van der Waals surface area contributed by atoms with Gasteiger partial charge in [-0.05, 0) is 24.3 Å². The minimum atomic E-state index is -3.73. The molecule has 0 aliphatic rings. The van der Waals surface area contributed by atoms with Gasteiger partial charge in [-0.2, -0.15) is 0 Å². The smallest absolute Gasteiger partial charge is 0.372 e. The van der Waals surface area contributed by atoms with E-state index in [0.717, 1.165) is 0 Å². The molecule has 1 N–H and O–H groups in total. The average molecular weight is 338 g/mol. The molecule has 2 rings (SSSR count). The van der Waals surface area contributed by atoms with Crippen LogP contribution in [0.3, 0.4) is 0 Å². The molecular weight excluding hydrogens is 328 g/mol. The summed E-state index contributed by atoms with van der Waals surface area (Å²) in [5, 5.41) is 8.47. The fourth-order valence-corrected chi connectivity index (χ4v) is 4.31. The third kappa shape index (κ3) is 3.29. The highest BCUT2D eigenvalue weighted by Gasteiger charge is 2.23. The number of carboxylic acids is 1. The molecule has 0 saturated carbocycles. The number of carboxylic acid groups (broad SMARTS) is 1. The van der Waals surface area contributed by atoms with Gasteiger partial charge in [0.25, 0.3) is 0 Å². The van der Waals surface area contributed by atoms with Gasteiger partial charge in [0, 0.05) is 0 Å². The number of hydrogen-bond acceptors (Lipinski definition) is 6. The standard InChI is InChI=1S/C14H10O6S2/c15-10(8-11(16)14(17)18)12-6-7-13(21-12)22(19,20)9-4-2-1-3-5-9/h1-7H,8H2,(H,17,18). The average Bonchev–Trinajstić information content (AvgIpc) is 2.98. The first-order valence-corrected chi connectivity index (χ1v) is 8.31. The zero-order valence-corrected chi connectivity index (χ0v) is 12.7. The first-order chi connectivity index (χ1) is 10.3. The van der Waals surface area contributed by atoms with E-state index in [-0.39, 0.29) is 14.0 Å². The van der Waals surface area contributed by atoms with Crippen molar-refractivity contribution in [3.63, 3.8) is 0 Å². The first-order valence-electron chi connectivity index (χ1n) is 6.01. The Balaban J connectivity index is 2.27. The summed E-state index contributed by atoms with van der Waals surface area (Å²) in [5.41, 5.74) is 0. The van der Waals surface area contributed by atoms with E-state index in [1.54, 1.807) is 18.2 Å². The number of rotatable bonds is 6. The van der Waals surface area contributed by atoms with Crippen LogP contribution in [0, 0.1) is 0 Å². The van der Waals surface area contributed by atoms with Gasteiger partial charge < -0.3 is 5.11 Å². The van der Waals surface area contributed by atoms with Crippen LogP contribution in [-0.2, 0) is 19.4 Å². The molecule has 2 aromatic rings. The van der Waals surface area contributed by atoms with E-state index >= 15 is 0 Å². The van der Waals surface area contributed by atoms with Gasteiger partial charge in [0.15, 0.2) is 5.78 Å². The summed E-state index contributed by atoms with van der Waals surface area (Å²) in [4.78, 5) is 33.3. The zero-order valence-electron chi connectivity index (χ0n) is 11.1. The first kappa shape index (κ1) is 16.1. The zero-order chi connectivity index (χ0) is 16.3. The lowest BCUT2D eigenvalue weighted by Gasteiger charge is -2.00. The molecule has 0 amide bonds. The molecule has 6 nitrogen and oxygen atoms in total. The number of ketones is 2. The summed E-state index contributed by atoms with van der Waals surface area (Å²) in [6.45, 7) is 0. The van der Waals surface area contributed by atoms with Crippen molar-refractivity contribution in [2.45, 2.75) is 15.5 Å². The van der Waals surface area contributed by atoms with Crippen molar-refractivity contribution in [1.82, 2.24) is 0 Å². The number of sulfone groups is 1. The monoisotopic (exact) mass is 338 g/mol. The Hall–Kier alpha value is -2.32. The Morgan fingerprint density at radius 1 is 1.00 bits per heavy atom. The van der Waals surface area contributed by atoms with E-state index < -0.39 is 33.8 Å². The van der Waals surface area contributed by atoms with Crippen LogP contribution in [0.15, 0.2) is 51.6 Å². The Kier molecular flexibility index (Phi) is 4.53. The number of Topliss-reactive ketones (excluding diaryl/α,β-unsaturated/α-hetero) is 2. The Morgan fingerprint density at radius 3 is 2.23 bits per heavy atom. The predicted octanol–water partition coefficient (Wildman–Crippen LogP) is 1.81. The molecule has 0 bridgehead atoms. The maximum atomic E-state index is 12.3. The summed E-state index contributed by atoms with van der Waals surface area (Å²) >= 11 is 0.714. The lowest BCUT2D eigenvalue weighted by Crippen LogP contribution is -2.16. The Labute approximate surface area is 129 Å². The summed E-state index contributed by atoms with van der Waals surface area (Å²) < 4.78 is 24.6. The van der Waals surface area contributed by atoms with Crippen molar-refractivity contribution in [2.75, 3.05) is 0 Å². The second kappa shape index (κ2) is 6.20. The largest absolute Gasteiger partial charge is 0.475 e. The minimum absolute atomic E-state index is 0.0316. The lowest BCUT2D eigenvalue weighted by molar-refractivity contribution is -0.148. The number of thiophene rings is 1. The molecule has 0 fully saturated rings. The van der Waals surface area contributed by atoms with Crippen LogP contribution < -0.4 is 0 Å². The van der Waals surface area contributed by atoms with E-state index in [0.29, 0.717) is 11.3 Å².